The van der Waals surface area contributed by atoms with Crippen LogP contribution in [-0.2, 0) is 0 Å². The van der Waals surface area contributed by atoms with Gasteiger partial charge in [-0.1, -0.05) is 29.3 Å². The summed E-state index contributed by atoms with van der Waals surface area (Å²) < 4.78 is 19.5. The molecule has 0 amide bonds. The van der Waals surface area contributed by atoms with Crippen molar-refractivity contribution >= 4 is 46.8 Å². The second kappa shape index (κ2) is 11.1. The lowest BCUT2D eigenvalue weighted by Crippen LogP contribution is -2.54. The lowest BCUT2D eigenvalue weighted by Gasteiger charge is -2.39. The van der Waals surface area contributed by atoms with E-state index in [2.05, 4.69) is 15.6 Å². The number of benzene rings is 2. The third kappa shape index (κ3) is 6.09. The number of hydrogen-bond acceptors (Lipinski definition) is 6. The van der Waals surface area contributed by atoms with Crippen LogP contribution in [-0.4, -0.2) is 44.6 Å². The van der Waals surface area contributed by atoms with Gasteiger partial charge in [0.2, 0.25) is 0 Å². The molecule has 0 bridgehead atoms. The molecule has 32 heavy (non-hydrogen) atoms. The van der Waals surface area contributed by atoms with Crippen molar-refractivity contribution in [1.29, 1.82) is 0 Å². The number of aldehydes is 1. The van der Waals surface area contributed by atoms with Crippen molar-refractivity contribution in [3.05, 3.63) is 76.0 Å². The second-order valence-electron chi connectivity index (χ2n) is 7.08. The van der Waals surface area contributed by atoms with Gasteiger partial charge >= 0.3 is 0 Å². The van der Waals surface area contributed by atoms with Gasteiger partial charge in [-0.2, -0.15) is 0 Å². The number of halogens is 3. The highest BCUT2D eigenvalue weighted by atomic mass is 35.5. The van der Waals surface area contributed by atoms with E-state index in [0.717, 1.165) is 5.82 Å². The Morgan fingerprint density at radius 1 is 1.12 bits per heavy atom. The van der Waals surface area contributed by atoms with Crippen LogP contribution in [0.3, 0.4) is 0 Å². The number of pyridine rings is 1. The van der Waals surface area contributed by atoms with E-state index in [1.54, 1.807) is 24.3 Å². The van der Waals surface area contributed by atoms with Crippen molar-refractivity contribution in [3.63, 3.8) is 0 Å². The maximum absolute atomic E-state index is 13.9. The molecular formula is C23H23Cl2FN4O2. The van der Waals surface area contributed by atoms with E-state index in [-0.39, 0.29) is 11.9 Å². The minimum absolute atomic E-state index is 0.129. The average Bonchev–Trinajstić information content (AvgIpc) is 2.74. The summed E-state index contributed by atoms with van der Waals surface area (Å²) in [5, 5.41) is 6.65. The van der Waals surface area contributed by atoms with Crippen LogP contribution in [0.4, 0.5) is 21.7 Å². The largest absolute Gasteiger partial charge is 0.484 e. The van der Waals surface area contributed by atoms with E-state index in [9.17, 15) is 9.18 Å². The van der Waals surface area contributed by atoms with Gasteiger partial charge in [-0.25, -0.2) is 9.37 Å². The molecule has 168 valence electrons. The molecule has 9 heteroatoms. The van der Waals surface area contributed by atoms with Crippen LogP contribution in [0, 0.1) is 5.82 Å². The van der Waals surface area contributed by atoms with Crippen molar-refractivity contribution in [1.82, 2.24) is 10.3 Å². The van der Waals surface area contributed by atoms with Crippen molar-refractivity contribution < 1.29 is 13.9 Å². The van der Waals surface area contributed by atoms with Crippen molar-refractivity contribution in [3.8, 4) is 5.75 Å². The molecule has 1 fully saturated rings. The molecule has 1 aliphatic heterocycles. The van der Waals surface area contributed by atoms with Gasteiger partial charge in [0.15, 0.2) is 17.9 Å². The van der Waals surface area contributed by atoms with Gasteiger partial charge < -0.3 is 20.3 Å². The highest BCUT2D eigenvalue weighted by molar-refractivity contribution is 6.33. The topological polar surface area (TPSA) is 66.5 Å². The molecule has 0 aliphatic carbocycles. The minimum atomic E-state index is -0.474. The molecule has 1 aromatic heterocycles. The molecule has 4 rings (SSSR count). The van der Waals surface area contributed by atoms with Gasteiger partial charge in [-0.3, -0.25) is 4.79 Å². The molecule has 0 saturated carbocycles. The Hall–Kier alpha value is -2.87. The second-order valence-corrected chi connectivity index (χ2v) is 7.92. The zero-order valence-electron chi connectivity index (χ0n) is 17.6. The Morgan fingerprint density at radius 3 is 2.56 bits per heavy atom. The number of hydrogen-bond donors (Lipinski definition) is 2. The summed E-state index contributed by atoms with van der Waals surface area (Å²) in [6.07, 6.45) is 0.580. The number of rotatable bonds is 6. The zero-order chi connectivity index (χ0) is 23.1. The summed E-state index contributed by atoms with van der Waals surface area (Å²) in [5.41, 5.74) is 1.12. The SMILES string of the molecule is CNC.O=Cc1cc(Nc2cccc(N3CC(Oc4ccc(Cl)cc4F)C3)n2)ccc1Cl. The fraction of sp³-hybridized carbons (Fsp3) is 0.217. The molecule has 0 radical (unpaired) electrons. The van der Waals surface area contributed by atoms with E-state index < -0.39 is 5.82 Å². The summed E-state index contributed by atoms with van der Waals surface area (Å²) in [6.45, 7) is 1.18. The quantitative estimate of drug-likeness (QED) is 0.477. The number of nitrogens with zero attached hydrogens (tertiary/aromatic N) is 2. The summed E-state index contributed by atoms with van der Waals surface area (Å²) in [6, 6.07) is 15.1. The first-order valence-corrected chi connectivity index (χ1v) is 10.6. The van der Waals surface area contributed by atoms with Gasteiger partial charge in [0.25, 0.3) is 0 Å². The maximum atomic E-state index is 13.9. The monoisotopic (exact) mass is 476 g/mol. The molecule has 0 spiro atoms. The average molecular weight is 477 g/mol. The smallest absolute Gasteiger partial charge is 0.166 e. The lowest BCUT2D eigenvalue weighted by molar-refractivity contribution is 0.112. The summed E-state index contributed by atoms with van der Waals surface area (Å²) in [5.74, 6) is 1.12. The Balaban J connectivity index is 0.000000913. The van der Waals surface area contributed by atoms with Gasteiger partial charge in [0.1, 0.15) is 17.7 Å². The summed E-state index contributed by atoms with van der Waals surface area (Å²) in [4.78, 5) is 17.7. The first-order valence-electron chi connectivity index (χ1n) is 9.87. The Labute approximate surface area is 196 Å². The third-order valence-corrected chi connectivity index (χ3v) is 5.07. The molecule has 3 aromatic rings. The van der Waals surface area contributed by atoms with E-state index in [1.165, 1.54) is 12.1 Å². The number of ether oxygens (including phenoxy) is 1. The van der Waals surface area contributed by atoms with Crippen LogP contribution in [0.25, 0.3) is 0 Å². The Kier molecular flexibility index (Phi) is 8.27. The molecule has 0 unspecified atom stereocenters. The Morgan fingerprint density at radius 2 is 1.88 bits per heavy atom. The van der Waals surface area contributed by atoms with E-state index >= 15 is 0 Å². The van der Waals surface area contributed by atoms with Crippen LogP contribution >= 0.6 is 23.2 Å². The third-order valence-electron chi connectivity index (χ3n) is 4.49. The number of aromatic nitrogens is 1. The highest BCUT2D eigenvalue weighted by Crippen LogP contribution is 2.28. The van der Waals surface area contributed by atoms with Crippen LogP contribution < -0.4 is 20.3 Å². The van der Waals surface area contributed by atoms with E-state index in [0.29, 0.717) is 46.5 Å². The molecule has 0 atom stereocenters. The molecular weight excluding hydrogens is 454 g/mol. The number of nitrogens with one attached hydrogen (secondary N) is 2. The van der Waals surface area contributed by atoms with Crippen molar-refractivity contribution in [2.24, 2.45) is 0 Å². The number of carbonyl (C=O) groups excluding carboxylic acids is 1. The van der Waals surface area contributed by atoms with Crippen LogP contribution in [0.5, 0.6) is 5.75 Å². The van der Waals surface area contributed by atoms with Crippen molar-refractivity contribution in [2.45, 2.75) is 6.10 Å². The van der Waals surface area contributed by atoms with Crippen molar-refractivity contribution in [2.75, 3.05) is 37.4 Å². The van der Waals surface area contributed by atoms with Crippen LogP contribution in [0.15, 0.2) is 54.6 Å². The minimum Gasteiger partial charge on any atom is -0.484 e. The summed E-state index contributed by atoms with van der Waals surface area (Å²) in [7, 11) is 3.75. The molecule has 2 aromatic carbocycles. The van der Waals surface area contributed by atoms with E-state index in [4.69, 9.17) is 27.9 Å². The first kappa shape index (κ1) is 23.8. The summed E-state index contributed by atoms with van der Waals surface area (Å²) >= 11 is 11.7. The van der Waals surface area contributed by atoms with Crippen LogP contribution in [0.1, 0.15) is 10.4 Å². The fourth-order valence-corrected chi connectivity index (χ4v) is 3.30. The molecule has 1 aliphatic rings. The van der Waals surface area contributed by atoms with Crippen LogP contribution in [0.2, 0.25) is 10.0 Å². The highest BCUT2D eigenvalue weighted by Gasteiger charge is 2.30. The standard InChI is InChI=1S/C21H16Cl2FN3O2.C2H7N/c22-14-4-7-19(18(24)9-14)29-16-10-27(11-16)21-3-1-2-20(26-21)25-15-5-6-17(23)13(8-15)12-28;1-3-2/h1-9,12,16H,10-11H2,(H,25,26);3H,1-2H3. The van der Waals surface area contributed by atoms with E-state index in [1.807, 2.05) is 37.2 Å². The number of anilines is 3. The zero-order valence-corrected chi connectivity index (χ0v) is 19.1. The maximum Gasteiger partial charge on any atom is 0.166 e. The Bertz CT molecular complexity index is 1080. The van der Waals surface area contributed by atoms with Gasteiger partial charge in [-0.15, -0.1) is 0 Å². The predicted octanol–water partition coefficient (Wildman–Crippen LogP) is 5.19. The predicted molar refractivity (Wildman–Crippen MR) is 127 cm³/mol. The molecule has 2 N–H and O–H groups in total. The fourth-order valence-electron chi connectivity index (χ4n) is 2.98. The van der Waals surface area contributed by atoms with Gasteiger partial charge in [0, 0.05) is 16.3 Å². The normalized spacial score (nSPS) is 13.0. The molecule has 2 heterocycles. The van der Waals surface area contributed by atoms with Gasteiger partial charge in [0.05, 0.1) is 18.1 Å². The number of carbonyl (C=O) groups is 1. The lowest BCUT2D eigenvalue weighted by atomic mass is 10.1. The molecule has 1 saturated heterocycles. The van der Waals surface area contributed by atoms with Gasteiger partial charge in [-0.05, 0) is 62.6 Å². The first-order chi connectivity index (χ1) is 15.4. The molecule has 6 nitrogen and oxygen atoms in total.